The van der Waals surface area contributed by atoms with Gasteiger partial charge >= 0.3 is 0 Å². The Hall–Kier alpha value is -0.830. The maximum absolute atomic E-state index is 11.0. The molecule has 0 atom stereocenters. The number of carbonyl (C=O) groups is 1. The first-order valence-electron chi connectivity index (χ1n) is 4.54. The van der Waals surface area contributed by atoms with E-state index >= 15 is 0 Å². The molecule has 14 heavy (non-hydrogen) atoms. The predicted octanol–water partition coefficient (Wildman–Crippen LogP) is 2.98. The lowest BCUT2D eigenvalue weighted by atomic mass is 10.1. The summed E-state index contributed by atoms with van der Waals surface area (Å²) in [6.45, 7) is 4.12. The second kappa shape index (κ2) is 5.15. The van der Waals surface area contributed by atoms with E-state index in [2.05, 4.69) is 15.9 Å². The summed E-state index contributed by atoms with van der Waals surface area (Å²) in [6.07, 6.45) is 0.413. The highest BCUT2D eigenvalue weighted by atomic mass is 79.9. The van der Waals surface area contributed by atoms with E-state index < -0.39 is 0 Å². The molecule has 0 saturated carbocycles. The fourth-order valence-corrected chi connectivity index (χ4v) is 1.74. The molecule has 1 aromatic carbocycles. The van der Waals surface area contributed by atoms with Gasteiger partial charge in [-0.25, -0.2) is 0 Å². The van der Waals surface area contributed by atoms with E-state index in [-0.39, 0.29) is 5.78 Å². The third-order valence-electron chi connectivity index (χ3n) is 1.80. The first-order chi connectivity index (χ1) is 6.65. The van der Waals surface area contributed by atoms with Gasteiger partial charge < -0.3 is 4.74 Å². The summed E-state index contributed by atoms with van der Waals surface area (Å²) in [6, 6.07) is 5.70. The molecule has 0 spiro atoms. The average molecular weight is 257 g/mol. The third kappa shape index (κ3) is 2.84. The molecule has 0 N–H and O–H groups in total. The van der Waals surface area contributed by atoms with Crippen LogP contribution in [0, 0.1) is 0 Å². The van der Waals surface area contributed by atoms with Gasteiger partial charge in [0.2, 0.25) is 0 Å². The van der Waals surface area contributed by atoms with E-state index in [1.807, 2.05) is 25.1 Å². The van der Waals surface area contributed by atoms with Gasteiger partial charge in [-0.3, -0.25) is 4.79 Å². The van der Waals surface area contributed by atoms with Crippen LogP contribution in [-0.2, 0) is 11.2 Å². The highest BCUT2D eigenvalue weighted by molar-refractivity contribution is 9.10. The molecule has 0 radical (unpaired) electrons. The summed E-state index contributed by atoms with van der Waals surface area (Å²) in [5.41, 5.74) is 0.932. The molecule has 0 aliphatic heterocycles. The van der Waals surface area contributed by atoms with Crippen LogP contribution in [0.1, 0.15) is 19.4 Å². The van der Waals surface area contributed by atoms with Gasteiger partial charge in [0.15, 0.2) is 0 Å². The van der Waals surface area contributed by atoms with Gasteiger partial charge in [-0.05, 0) is 26.0 Å². The van der Waals surface area contributed by atoms with Crippen LogP contribution < -0.4 is 4.74 Å². The van der Waals surface area contributed by atoms with Crippen LogP contribution in [0.5, 0.6) is 5.75 Å². The Kier molecular flexibility index (Phi) is 4.14. The minimum absolute atomic E-state index is 0.137. The minimum Gasteiger partial charge on any atom is -0.494 e. The highest BCUT2D eigenvalue weighted by Crippen LogP contribution is 2.27. The standard InChI is InChI=1S/C11H13BrO2/c1-3-14-11-6-4-5-10(12)9(11)7-8(2)13/h4-6H,3,7H2,1-2H3. The van der Waals surface area contributed by atoms with E-state index in [0.29, 0.717) is 13.0 Å². The van der Waals surface area contributed by atoms with Gasteiger partial charge in [0, 0.05) is 16.5 Å². The smallest absolute Gasteiger partial charge is 0.134 e. The molecular formula is C11H13BrO2. The zero-order valence-electron chi connectivity index (χ0n) is 8.34. The summed E-state index contributed by atoms with van der Waals surface area (Å²) in [7, 11) is 0. The van der Waals surface area contributed by atoms with Crippen molar-refractivity contribution in [2.24, 2.45) is 0 Å². The highest BCUT2D eigenvalue weighted by Gasteiger charge is 2.09. The number of Topliss-reactive ketones (excluding diaryl/α,β-unsaturated/α-hetero) is 1. The molecule has 0 aliphatic carbocycles. The number of ether oxygens (including phenoxy) is 1. The lowest BCUT2D eigenvalue weighted by molar-refractivity contribution is -0.116. The van der Waals surface area contributed by atoms with Crippen LogP contribution >= 0.6 is 15.9 Å². The summed E-state index contributed by atoms with van der Waals surface area (Å²) >= 11 is 3.41. The van der Waals surface area contributed by atoms with E-state index in [1.54, 1.807) is 6.92 Å². The van der Waals surface area contributed by atoms with E-state index in [9.17, 15) is 4.79 Å². The molecule has 2 nitrogen and oxygen atoms in total. The van der Waals surface area contributed by atoms with Crippen LogP contribution in [0.25, 0.3) is 0 Å². The molecular weight excluding hydrogens is 244 g/mol. The number of benzene rings is 1. The molecule has 3 heteroatoms. The number of ketones is 1. The maximum atomic E-state index is 11.0. The molecule has 0 unspecified atom stereocenters. The molecule has 1 aromatic rings. The normalized spacial score (nSPS) is 9.93. The van der Waals surface area contributed by atoms with Crippen LogP contribution in [-0.4, -0.2) is 12.4 Å². The molecule has 1 rings (SSSR count). The number of hydrogen-bond donors (Lipinski definition) is 0. The summed E-state index contributed by atoms with van der Waals surface area (Å²) in [5.74, 6) is 0.926. The van der Waals surface area contributed by atoms with Crippen molar-refractivity contribution in [1.29, 1.82) is 0 Å². The lowest BCUT2D eigenvalue weighted by Gasteiger charge is -2.10. The maximum Gasteiger partial charge on any atom is 0.134 e. The molecule has 0 bridgehead atoms. The summed E-state index contributed by atoms with van der Waals surface area (Å²) in [4.78, 5) is 11.0. The lowest BCUT2D eigenvalue weighted by Crippen LogP contribution is -2.02. The van der Waals surface area contributed by atoms with Gasteiger partial charge in [-0.15, -0.1) is 0 Å². The number of carbonyl (C=O) groups excluding carboxylic acids is 1. The Bertz CT molecular complexity index is 334. The zero-order valence-corrected chi connectivity index (χ0v) is 9.93. The SMILES string of the molecule is CCOc1cccc(Br)c1CC(C)=O. The first kappa shape index (κ1) is 11.2. The molecule has 0 heterocycles. The van der Waals surface area contributed by atoms with E-state index in [4.69, 9.17) is 4.74 Å². The van der Waals surface area contributed by atoms with Crippen molar-refractivity contribution in [3.63, 3.8) is 0 Å². The Morgan fingerprint density at radius 1 is 1.50 bits per heavy atom. The van der Waals surface area contributed by atoms with E-state index in [0.717, 1.165) is 15.8 Å². The largest absolute Gasteiger partial charge is 0.494 e. The van der Waals surface area contributed by atoms with Gasteiger partial charge in [0.25, 0.3) is 0 Å². The number of halogens is 1. The van der Waals surface area contributed by atoms with Crippen molar-refractivity contribution in [2.45, 2.75) is 20.3 Å². The number of rotatable bonds is 4. The van der Waals surface area contributed by atoms with Gasteiger partial charge in [0.05, 0.1) is 6.61 Å². The number of hydrogen-bond acceptors (Lipinski definition) is 2. The van der Waals surface area contributed by atoms with Crippen molar-refractivity contribution >= 4 is 21.7 Å². The van der Waals surface area contributed by atoms with Gasteiger partial charge in [0.1, 0.15) is 11.5 Å². The second-order valence-corrected chi connectivity index (χ2v) is 3.88. The summed E-state index contributed by atoms with van der Waals surface area (Å²) < 4.78 is 6.37. The molecule has 76 valence electrons. The van der Waals surface area contributed by atoms with Crippen molar-refractivity contribution in [3.8, 4) is 5.75 Å². The van der Waals surface area contributed by atoms with Crippen molar-refractivity contribution in [3.05, 3.63) is 28.2 Å². The van der Waals surface area contributed by atoms with Crippen LogP contribution in [0.15, 0.2) is 22.7 Å². The van der Waals surface area contributed by atoms with E-state index in [1.165, 1.54) is 0 Å². The van der Waals surface area contributed by atoms with Crippen molar-refractivity contribution < 1.29 is 9.53 Å². The van der Waals surface area contributed by atoms with Crippen LogP contribution in [0.4, 0.5) is 0 Å². The van der Waals surface area contributed by atoms with Crippen molar-refractivity contribution in [2.75, 3.05) is 6.61 Å². The zero-order chi connectivity index (χ0) is 10.6. The van der Waals surface area contributed by atoms with Crippen LogP contribution in [0.2, 0.25) is 0 Å². The predicted molar refractivity (Wildman–Crippen MR) is 59.7 cm³/mol. The van der Waals surface area contributed by atoms with Gasteiger partial charge in [-0.2, -0.15) is 0 Å². The minimum atomic E-state index is 0.137. The molecule has 0 amide bonds. The Morgan fingerprint density at radius 2 is 2.21 bits per heavy atom. The third-order valence-corrected chi connectivity index (χ3v) is 2.54. The molecule has 0 saturated heterocycles. The Balaban J connectivity index is 3.02. The topological polar surface area (TPSA) is 26.3 Å². The fourth-order valence-electron chi connectivity index (χ4n) is 1.25. The quantitative estimate of drug-likeness (QED) is 0.828. The average Bonchev–Trinajstić information content (AvgIpc) is 2.11. The fraction of sp³-hybridized carbons (Fsp3) is 0.364. The molecule has 0 aromatic heterocycles. The Labute approximate surface area is 92.4 Å². The van der Waals surface area contributed by atoms with Crippen molar-refractivity contribution in [1.82, 2.24) is 0 Å². The van der Waals surface area contributed by atoms with Gasteiger partial charge in [-0.1, -0.05) is 22.0 Å². The monoisotopic (exact) mass is 256 g/mol. The molecule has 0 fully saturated rings. The molecule has 0 aliphatic rings. The second-order valence-electron chi connectivity index (χ2n) is 3.03. The first-order valence-corrected chi connectivity index (χ1v) is 5.34. The Morgan fingerprint density at radius 3 is 2.79 bits per heavy atom. The van der Waals surface area contributed by atoms with Crippen LogP contribution in [0.3, 0.4) is 0 Å². The summed E-state index contributed by atoms with van der Waals surface area (Å²) in [5, 5.41) is 0.